The smallest absolute Gasteiger partial charge is 0.255 e. The molecule has 1 amide bonds. The maximum Gasteiger partial charge on any atom is 0.255 e. The van der Waals surface area contributed by atoms with E-state index in [1.54, 1.807) is 11.2 Å². The number of aryl methyl sites for hydroxylation is 1. The van der Waals surface area contributed by atoms with Gasteiger partial charge in [0.1, 0.15) is 0 Å². The van der Waals surface area contributed by atoms with Crippen LogP contribution in [0.2, 0.25) is 0 Å². The van der Waals surface area contributed by atoms with Gasteiger partial charge in [-0.25, -0.2) is 8.42 Å². The summed E-state index contributed by atoms with van der Waals surface area (Å²) in [5.41, 5.74) is 3.50. The number of sulfonamides is 1. The molecule has 2 aromatic rings. The first-order chi connectivity index (χ1) is 13.4. The molecule has 1 fully saturated rings. The lowest BCUT2D eigenvalue weighted by Gasteiger charge is -2.33. The molecule has 1 saturated heterocycles. The maximum absolute atomic E-state index is 12.6. The third kappa shape index (κ3) is 4.98. The highest BCUT2D eigenvalue weighted by molar-refractivity contribution is 7.89. The van der Waals surface area contributed by atoms with Gasteiger partial charge < -0.3 is 5.32 Å². The lowest BCUT2D eigenvalue weighted by Crippen LogP contribution is -2.48. The highest BCUT2D eigenvalue weighted by Crippen LogP contribution is 2.17. The number of amides is 1. The van der Waals surface area contributed by atoms with E-state index in [2.05, 4.69) is 10.2 Å². The fraction of sp³-hybridized carbons (Fsp3) is 0.381. The molecule has 0 aromatic heterocycles. The normalized spacial score (nSPS) is 16.1. The van der Waals surface area contributed by atoms with Crippen molar-refractivity contribution in [1.29, 1.82) is 0 Å². The molecule has 1 aliphatic rings. The zero-order valence-electron chi connectivity index (χ0n) is 16.4. The van der Waals surface area contributed by atoms with Crippen LogP contribution < -0.4 is 5.32 Å². The number of nitrogens with zero attached hydrogens (tertiary/aromatic N) is 2. The molecule has 6 nitrogen and oxygen atoms in total. The standard InChI is InChI=1S/C21H27N3O3S/c1-3-28(26,27)24-13-11-23(12-14-24)16-18-8-6-9-19(15-18)21(25)22-20-10-5-4-7-17(20)2/h4-10,15H,3,11-14,16H2,1-2H3,(H,22,25). The molecular weight excluding hydrogens is 374 g/mol. The van der Waals surface area contributed by atoms with Crippen LogP contribution in [0, 0.1) is 6.92 Å². The summed E-state index contributed by atoms with van der Waals surface area (Å²) in [7, 11) is -3.12. The molecular formula is C21H27N3O3S. The quantitative estimate of drug-likeness (QED) is 0.808. The van der Waals surface area contributed by atoms with Gasteiger partial charge in [-0.1, -0.05) is 30.3 Å². The van der Waals surface area contributed by atoms with Crippen molar-refractivity contribution < 1.29 is 13.2 Å². The SMILES string of the molecule is CCS(=O)(=O)N1CCN(Cc2cccc(C(=O)Nc3ccccc3C)c2)CC1. The molecule has 0 saturated carbocycles. The first kappa shape index (κ1) is 20.5. The largest absolute Gasteiger partial charge is 0.322 e. The second-order valence-corrected chi connectivity index (χ2v) is 9.30. The summed E-state index contributed by atoms with van der Waals surface area (Å²) in [5.74, 6) is 0.0143. The van der Waals surface area contributed by atoms with Gasteiger partial charge in [-0.05, 0) is 43.2 Å². The first-order valence-electron chi connectivity index (χ1n) is 9.55. The van der Waals surface area contributed by atoms with Gasteiger partial charge in [-0.15, -0.1) is 0 Å². The van der Waals surface area contributed by atoms with Crippen molar-refractivity contribution in [3.05, 3.63) is 65.2 Å². The Morgan fingerprint density at radius 2 is 1.75 bits per heavy atom. The predicted molar refractivity (Wildman–Crippen MR) is 112 cm³/mol. The lowest BCUT2D eigenvalue weighted by atomic mass is 10.1. The van der Waals surface area contributed by atoms with E-state index >= 15 is 0 Å². The number of carbonyl (C=O) groups excluding carboxylic acids is 1. The van der Waals surface area contributed by atoms with E-state index in [4.69, 9.17) is 0 Å². The second-order valence-electron chi connectivity index (χ2n) is 7.05. The molecule has 0 bridgehead atoms. The van der Waals surface area contributed by atoms with Crippen LogP contribution in [0.4, 0.5) is 5.69 Å². The molecule has 150 valence electrons. The zero-order chi connectivity index (χ0) is 20.1. The number of hydrogen-bond acceptors (Lipinski definition) is 4. The third-order valence-electron chi connectivity index (χ3n) is 5.08. The van der Waals surface area contributed by atoms with E-state index in [1.807, 2.05) is 55.5 Å². The van der Waals surface area contributed by atoms with Crippen molar-refractivity contribution in [3.63, 3.8) is 0 Å². The lowest BCUT2D eigenvalue weighted by molar-refractivity contribution is 0.102. The highest BCUT2D eigenvalue weighted by atomic mass is 32.2. The summed E-state index contributed by atoms with van der Waals surface area (Å²) in [4.78, 5) is 14.8. The summed E-state index contributed by atoms with van der Waals surface area (Å²) in [5, 5.41) is 2.96. The van der Waals surface area contributed by atoms with Gasteiger partial charge in [0.15, 0.2) is 0 Å². The maximum atomic E-state index is 12.6. The van der Waals surface area contributed by atoms with Gasteiger partial charge in [0.2, 0.25) is 10.0 Å². The van der Waals surface area contributed by atoms with Gasteiger partial charge in [-0.2, -0.15) is 4.31 Å². The predicted octanol–water partition coefficient (Wildman–Crippen LogP) is 2.71. The molecule has 0 unspecified atom stereocenters. The molecule has 7 heteroatoms. The number of rotatable bonds is 6. The van der Waals surface area contributed by atoms with Crippen LogP contribution in [0.25, 0.3) is 0 Å². The summed E-state index contributed by atoms with van der Waals surface area (Å²) in [6.07, 6.45) is 0. The fourth-order valence-corrected chi connectivity index (χ4v) is 4.41. The molecule has 3 rings (SSSR count). The minimum Gasteiger partial charge on any atom is -0.322 e. The van der Waals surface area contributed by atoms with Crippen LogP contribution in [0.5, 0.6) is 0 Å². The molecule has 2 aromatic carbocycles. The van der Waals surface area contributed by atoms with Crippen LogP contribution in [0.15, 0.2) is 48.5 Å². The minimum atomic E-state index is -3.12. The van der Waals surface area contributed by atoms with Crippen molar-refractivity contribution in [3.8, 4) is 0 Å². The van der Waals surface area contributed by atoms with E-state index in [0.717, 1.165) is 16.8 Å². The van der Waals surface area contributed by atoms with E-state index in [0.29, 0.717) is 38.3 Å². The zero-order valence-corrected chi connectivity index (χ0v) is 17.2. The van der Waals surface area contributed by atoms with Crippen LogP contribution in [-0.4, -0.2) is 55.5 Å². The van der Waals surface area contributed by atoms with E-state index in [-0.39, 0.29) is 11.7 Å². The van der Waals surface area contributed by atoms with Gasteiger partial charge in [0.05, 0.1) is 5.75 Å². The Morgan fingerprint density at radius 3 is 2.43 bits per heavy atom. The average molecular weight is 402 g/mol. The van der Waals surface area contributed by atoms with Crippen molar-refractivity contribution in [2.24, 2.45) is 0 Å². The molecule has 0 radical (unpaired) electrons. The van der Waals surface area contributed by atoms with E-state index in [9.17, 15) is 13.2 Å². The Kier molecular flexibility index (Phi) is 6.49. The minimum absolute atomic E-state index is 0.130. The Bertz CT molecular complexity index is 935. The van der Waals surface area contributed by atoms with E-state index in [1.165, 1.54) is 0 Å². The summed E-state index contributed by atoms with van der Waals surface area (Å²) in [6.45, 7) is 6.76. The number of carbonyl (C=O) groups is 1. The average Bonchev–Trinajstić information content (AvgIpc) is 2.70. The Labute approximate surface area is 167 Å². The topological polar surface area (TPSA) is 69.7 Å². The van der Waals surface area contributed by atoms with Crippen LogP contribution in [0.3, 0.4) is 0 Å². The van der Waals surface area contributed by atoms with Crippen LogP contribution in [0.1, 0.15) is 28.4 Å². The number of anilines is 1. The van der Waals surface area contributed by atoms with Gasteiger partial charge in [0, 0.05) is 44.0 Å². The third-order valence-corrected chi connectivity index (χ3v) is 6.96. The molecule has 28 heavy (non-hydrogen) atoms. The van der Waals surface area contributed by atoms with Crippen LogP contribution in [-0.2, 0) is 16.6 Å². The number of nitrogens with one attached hydrogen (secondary N) is 1. The van der Waals surface area contributed by atoms with Gasteiger partial charge >= 0.3 is 0 Å². The summed E-state index contributed by atoms with van der Waals surface area (Å²) >= 11 is 0. The molecule has 1 N–H and O–H groups in total. The highest BCUT2D eigenvalue weighted by Gasteiger charge is 2.25. The van der Waals surface area contributed by atoms with E-state index < -0.39 is 10.0 Å². The molecule has 0 atom stereocenters. The monoisotopic (exact) mass is 401 g/mol. The van der Waals surface area contributed by atoms with Crippen molar-refractivity contribution >= 4 is 21.6 Å². The Balaban J connectivity index is 1.61. The van der Waals surface area contributed by atoms with Crippen molar-refractivity contribution in [2.75, 3.05) is 37.2 Å². The first-order valence-corrected chi connectivity index (χ1v) is 11.2. The Hall–Kier alpha value is -2.22. The molecule has 0 aliphatic carbocycles. The number of piperazine rings is 1. The van der Waals surface area contributed by atoms with Crippen LogP contribution >= 0.6 is 0 Å². The summed E-state index contributed by atoms with van der Waals surface area (Å²) < 4.78 is 25.5. The second kappa shape index (κ2) is 8.86. The molecule has 1 aliphatic heterocycles. The molecule has 0 spiro atoms. The number of benzene rings is 2. The number of para-hydroxylation sites is 1. The van der Waals surface area contributed by atoms with Crippen molar-refractivity contribution in [2.45, 2.75) is 20.4 Å². The van der Waals surface area contributed by atoms with Gasteiger partial charge in [0.25, 0.3) is 5.91 Å². The summed E-state index contributed by atoms with van der Waals surface area (Å²) in [6, 6.07) is 15.3. The molecule has 1 heterocycles. The number of hydrogen-bond donors (Lipinski definition) is 1. The fourth-order valence-electron chi connectivity index (χ4n) is 3.33. The Morgan fingerprint density at radius 1 is 1.04 bits per heavy atom. The van der Waals surface area contributed by atoms with Gasteiger partial charge in [-0.3, -0.25) is 9.69 Å². The van der Waals surface area contributed by atoms with Crippen molar-refractivity contribution in [1.82, 2.24) is 9.21 Å².